The number of nitrogens with one attached hydrogen (secondary N) is 4. The SMILES string of the molecule is CN(C)Cc1nc2ccc(Nc3ncc(Cl)c(Nc4ccccc4NS(C)(=O)=O)n3)cc2[nH]1. The van der Waals surface area contributed by atoms with Gasteiger partial charge in [0.2, 0.25) is 16.0 Å². The highest BCUT2D eigenvalue weighted by molar-refractivity contribution is 7.92. The molecule has 4 N–H and O–H groups in total. The van der Waals surface area contributed by atoms with Crippen LogP contribution in [0, 0.1) is 0 Å². The van der Waals surface area contributed by atoms with Crippen LogP contribution in [0.2, 0.25) is 5.02 Å². The van der Waals surface area contributed by atoms with Gasteiger partial charge >= 0.3 is 0 Å². The van der Waals surface area contributed by atoms with Crippen molar-refractivity contribution in [1.29, 1.82) is 0 Å². The predicted molar refractivity (Wildman–Crippen MR) is 132 cm³/mol. The van der Waals surface area contributed by atoms with E-state index in [0.29, 0.717) is 29.7 Å². The maximum absolute atomic E-state index is 11.7. The summed E-state index contributed by atoms with van der Waals surface area (Å²) in [6, 6.07) is 12.6. The number of fused-ring (bicyclic) bond motifs is 1. The van der Waals surface area contributed by atoms with Crippen LogP contribution in [-0.4, -0.2) is 53.6 Å². The smallest absolute Gasteiger partial charge is 0.229 e. The first-order valence-corrected chi connectivity index (χ1v) is 12.2. The first kappa shape index (κ1) is 22.8. The molecule has 4 aromatic rings. The van der Waals surface area contributed by atoms with Crippen LogP contribution in [0.4, 0.5) is 28.8 Å². The quantitative estimate of drug-likeness (QED) is 0.295. The largest absolute Gasteiger partial charge is 0.341 e. The zero-order valence-electron chi connectivity index (χ0n) is 18.2. The molecule has 0 aliphatic heterocycles. The van der Waals surface area contributed by atoms with Crippen molar-refractivity contribution in [2.75, 3.05) is 35.7 Å². The third kappa shape index (κ3) is 5.89. The van der Waals surface area contributed by atoms with E-state index in [2.05, 4.69) is 35.3 Å². The first-order valence-electron chi connectivity index (χ1n) is 9.93. The molecule has 0 atom stereocenters. The number of para-hydroxylation sites is 2. The number of aromatic amines is 1. The summed E-state index contributed by atoms with van der Waals surface area (Å²) >= 11 is 6.29. The molecule has 0 amide bonds. The molecule has 0 aliphatic rings. The van der Waals surface area contributed by atoms with Crippen molar-refractivity contribution >= 4 is 61.5 Å². The van der Waals surface area contributed by atoms with Crippen molar-refractivity contribution in [2.45, 2.75) is 6.54 Å². The molecule has 2 aromatic carbocycles. The van der Waals surface area contributed by atoms with Crippen LogP contribution in [0.1, 0.15) is 5.82 Å². The summed E-state index contributed by atoms with van der Waals surface area (Å²) in [5, 5.41) is 6.52. The number of imidazole rings is 1. The van der Waals surface area contributed by atoms with Gasteiger partial charge in [-0.1, -0.05) is 23.7 Å². The second-order valence-corrected chi connectivity index (χ2v) is 9.87. The number of sulfonamides is 1. The molecular weight excluding hydrogens is 464 g/mol. The Bertz CT molecular complexity index is 1400. The van der Waals surface area contributed by atoms with Crippen LogP contribution >= 0.6 is 11.6 Å². The second kappa shape index (κ2) is 9.22. The molecule has 0 unspecified atom stereocenters. The summed E-state index contributed by atoms with van der Waals surface area (Å²) in [5.41, 5.74) is 3.41. The van der Waals surface area contributed by atoms with E-state index in [1.165, 1.54) is 6.20 Å². The Morgan fingerprint density at radius 1 is 1.06 bits per heavy atom. The van der Waals surface area contributed by atoms with Crippen LogP contribution in [-0.2, 0) is 16.6 Å². The lowest BCUT2D eigenvalue weighted by molar-refractivity contribution is 0.392. The van der Waals surface area contributed by atoms with Crippen LogP contribution < -0.4 is 15.4 Å². The lowest BCUT2D eigenvalue weighted by Gasteiger charge is -2.14. The fourth-order valence-corrected chi connectivity index (χ4v) is 3.88. The minimum Gasteiger partial charge on any atom is -0.341 e. The number of anilines is 5. The average molecular weight is 487 g/mol. The van der Waals surface area contributed by atoms with Gasteiger partial charge in [0.05, 0.1) is 41.4 Å². The number of rotatable bonds is 8. The fraction of sp³-hybridized carbons (Fsp3) is 0.190. The Hall–Kier alpha value is -3.41. The molecule has 0 spiro atoms. The van der Waals surface area contributed by atoms with Crippen molar-refractivity contribution in [3.05, 3.63) is 59.5 Å². The predicted octanol–water partition coefficient (Wildman–Crippen LogP) is 3.93. The second-order valence-electron chi connectivity index (χ2n) is 7.71. The molecule has 0 aliphatic carbocycles. The van der Waals surface area contributed by atoms with Gasteiger partial charge in [-0.05, 0) is 44.4 Å². The van der Waals surface area contributed by atoms with Crippen LogP contribution in [0.5, 0.6) is 0 Å². The van der Waals surface area contributed by atoms with E-state index in [1.807, 2.05) is 37.2 Å². The van der Waals surface area contributed by atoms with E-state index in [1.54, 1.807) is 24.3 Å². The summed E-state index contributed by atoms with van der Waals surface area (Å²) < 4.78 is 25.8. The van der Waals surface area contributed by atoms with Crippen LogP contribution in [0.3, 0.4) is 0 Å². The minimum atomic E-state index is -3.45. The zero-order chi connectivity index (χ0) is 23.6. The molecule has 2 aromatic heterocycles. The van der Waals surface area contributed by atoms with Crippen molar-refractivity contribution in [2.24, 2.45) is 0 Å². The number of nitrogens with zero attached hydrogens (tertiary/aromatic N) is 4. The topological polar surface area (TPSA) is 128 Å². The number of H-pyrrole nitrogens is 1. The standard InChI is InChI=1S/C21H23ClN8O2S/c1-30(2)12-19-25-16-9-8-13(10-18(16)26-19)24-21-23-11-14(22)20(28-21)27-15-6-4-5-7-17(15)29-33(3,31)32/h4-11,29H,12H2,1-3H3,(H,25,26)(H2,23,24,27,28). The third-order valence-corrected chi connectivity index (χ3v) is 5.34. The Morgan fingerprint density at radius 3 is 2.55 bits per heavy atom. The summed E-state index contributed by atoms with van der Waals surface area (Å²) in [5.74, 6) is 1.53. The molecule has 4 rings (SSSR count). The lowest BCUT2D eigenvalue weighted by Crippen LogP contribution is -2.11. The summed E-state index contributed by atoms with van der Waals surface area (Å²) in [6.45, 7) is 0.711. The Labute approximate surface area is 196 Å². The molecule has 0 fully saturated rings. The van der Waals surface area contributed by atoms with E-state index in [-0.39, 0.29) is 5.02 Å². The molecule has 10 nitrogen and oxygen atoms in total. The van der Waals surface area contributed by atoms with Crippen LogP contribution in [0.25, 0.3) is 11.0 Å². The highest BCUT2D eigenvalue weighted by atomic mass is 35.5. The van der Waals surface area contributed by atoms with Gasteiger partial charge in [0.1, 0.15) is 10.8 Å². The van der Waals surface area contributed by atoms with Gasteiger partial charge in [0, 0.05) is 5.69 Å². The van der Waals surface area contributed by atoms with Gasteiger partial charge in [0.15, 0.2) is 5.82 Å². The molecule has 33 heavy (non-hydrogen) atoms. The van der Waals surface area contributed by atoms with Gasteiger partial charge in [-0.15, -0.1) is 0 Å². The number of hydrogen-bond acceptors (Lipinski definition) is 8. The fourth-order valence-electron chi connectivity index (χ4n) is 3.17. The molecule has 0 saturated carbocycles. The summed E-state index contributed by atoms with van der Waals surface area (Å²) in [6.07, 6.45) is 2.55. The number of halogens is 1. The number of benzene rings is 2. The Kier molecular flexibility index (Phi) is 6.36. The highest BCUT2D eigenvalue weighted by Crippen LogP contribution is 2.30. The number of hydrogen-bond donors (Lipinski definition) is 4. The van der Waals surface area contributed by atoms with Gasteiger partial charge in [-0.2, -0.15) is 4.98 Å². The van der Waals surface area contributed by atoms with E-state index >= 15 is 0 Å². The van der Waals surface area contributed by atoms with Gasteiger partial charge in [-0.25, -0.2) is 18.4 Å². The van der Waals surface area contributed by atoms with Crippen molar-refractivity contribution in [1.82, 2.24) is 24.8 Å². The molecule has 12 heteroatoms. The molecule has 0 radical (unpaired) electrons. The molecular formula is C21H23ClN8O2S. The number of aromatic nitrogens is 4. The van der Waals surface area contributed by atoms with E-state index < -0.39 is 10.0 Å². The molecule has 0 bridgehead atoms. The Morgan fingerprint density at radius 2 is 1.82 bits per heavy atom. The zero-order valence-corrected chi connectivity index (χ0v) is 19.8. The maximum atomic E-state index is 11.7. The molecule has 172 valence electrons. The van der Waals surface area contributed by atoms with Crippen molar-refractivity contribution < 1.29 is 8.42 Å². The molecule has 2 heterocycles. The highest BCUT2D eigenvalue weighted by Gasteiger charge is 2.12. The summed E-state index contributed by atoms with van der Waals surface area (Å²) in [4.78, 5) is 18.6. The maximum Gasteiger partial charge on any atom is 0.229 e. The Balaban J connectivity index is 1.57. The van der Waals surface area contributed by atoms with Crippen LogP contribution in [0.15, 0.2) is 48.7 Å². The van der Waals surface area contributed by atoms with E-state index in [0.717, 1.165) is 28.8 Å². The monoisotopic (exact) mass is 486 g/mol. The van der Waals surface area contributed by atoms with Crippen molar-refractivity contribution in [3.8, 4) is 0 Å². The first-order chi connectivity index (χ1) is 15.7. The third-order valence-electron chi connectivity index (χ3n) is 4.47. The lowest BCUT2D eigenvalue weighted by atomic mass is 10.2. The van der Waals surface area contributed by atoms with Gasteiger partial charge in [0.25, 0.3) is 0 Å². The van der Waals surface area contributed by atoms with Crippen molar-refractivity contribution in [3.63, 3.8) is 0 Å². The molecule has 0 saturated heterocycles. The minimum absolute atomic E-state index is 0.284. The van der Waals surface area contributed by atoms with E-state index in [4.69, 9.17) is 11.6 Å². The van der Waals surface area contributed by atoms with E-state index in [9.17, 15) is 8.42 Å². The average Bonchev–Trinajstić information content (AvgIpc) is 3.11. The van der Waals surface area contributed by atoms with Gasteiger partial charge in [-0.3, -0.25) is 4.72 Å². The van der Waals surface area contributed by atoms with Gasteiger partial charge < -0.3 is 20.5 Å². The summed E-state index contributed by atoms with van der Waals surface area (Å²) in [7, 11) is 0.518. The normalized spacial score (nSPS) is 11.7.